The van der Waals surface area contributed by atoms with E-state index in [1.54, 1.807) is 19.9 Å². The van der Waals surface area contributed by atoms with Gasteiger partial charge in [-0.2, -0.15) is 5.10 Å². The summed E-state index contributed by atoms with van der Waals surface area (Å²) in [6.45, 7) is 3.38. The van der Waals surface area contributed by atoms with Gasteiger partial charge in [-0.25, -0.2) is 19.4 Å². The minimum absolute atomic E-state index is 0.0112. The van der Waals surface area contributed by atoms with Gasteiger partial charge in [0.15, 0.2) is 5.82 Å². The third kappa shape index (κ3) is 1.99. The van der Waals surface area contributed by atoms with Crippen LogP contribution < -0.4 is 0 Å². The molecule has 7 heteroatoms. The first kappa shape index (κ1) is 11.5. The van der Waals surface area contributed by atoms with Gasteiger partial charge in [0.25, 0.3) is 0 Å². The van der Waals surface area contributed by atoms with Gasteiger partial charge in [0.05, 0.1) is 5.69 Å². The van der Waals surface area contributed by atoms with Crippen molar-refractivity contribution in [2.75, 3.05) is 0 Å². The fourth-order valence-electron chi connectivity index (χ4n) is 1.45. The molecule has 0 saturated heterocycles. The minimum atomic E-state index is -1.11. The van der Waals surface area contributed by atoms with Crippen LogP contribution in [0.4, 0.5) is 0 Å². The van der Waals surface area contributed by atoms with Crippen molar-refractivity contribution in [2.24, 2.45) is 0 Å². The molecule has 6 nitrogen and oxygen atoms in total. The van der Waals surface area contributed by atoms with Crippen molar-refractivity contribution in [1.29, 1.82) is 0 Å². The monoisotopic (exact) mass is 252 g/mol. The van der Waals surface area contributed by atoms with Crippen molar-refractivity contribution in [1.82, 2.24) is 19.7 Å². The van der Waals surface area contributed by atoms with E-state index in [1.807, 2.05) is 0 Å². The summed E-state index contributed by atoms with van der Waals surface area (Å²) in [5.41, 5.74) is 1.08. The number of carbonyl (C=O) groups is 1. The Morgan fingerprint density at radius 1 is 1.41 bits per heavy atom. The Morgan fingerprint density at radius 2 is 2.12 bits per heavy atom. The summed E-state index contributed by atoms with van der Waals surface area (Å²) in [7, 11) is 0. The molecular formula is C10H9ClN4O2. The second-order valence-corrected chi connectivity index (χ2v) is 3.84. The first-order chi connectivity index (χ1) is 8.00. The molecule has 0 saturated carbocycles. The van der Waals surface area contributed by atoms with Crippen LogP contribution in [0.5, 0.6) is 0 Å². The van der Waals surface area contributed by atoms with E-state index >= 15 is 0 Å². The van der Waals surface area contributed by atoms with Crippen molar-refractivity contribution in [2.45, 2.75) is 13.8 Å². The molecule has 2 aromatic rings. The number of aromatic carboxylic acids is 1. The van der Waals surface area contributed by atoms with E-state index in [0.717, 1.165) is 5.69 Å². The molecule has 0 unspecified atom stereocenters. The van der Waals surface area contributed by atoms with Gasteiger partial charge in [-0.05, 0) is 13.8 Å². The molecular weight excluding hydrogens is 244 g/mol. The molecule has 2 heterocycles. The molecule has 0 fully saturated rings. The van der Waals surface area contributed by atoms with E-state index in [1.165, 1.54) is 11.0 Å². The Balaban J connectivity index is 2.62. The van der Waals surface area contributed by atoms with Gasteiger partial charge in [-0.3, -0.25) is 0 Å². The van der Waals surface area contributed by atoms with Gasteiger partial charge in [0.1, 0.15) is 17.0 Å². The third-order valence-electron chi connectivity index (χ3n) is 2.22. The summed E-state index contributed by atoms with van der Waals surface area (Å²) in [4.78, 5) is 18.9. The Labute approximate surface area is 102 Å². The maximum atomic E-state index is 11.0. The van der Waals surface area contributed by atoms with Crippen molar-refractivity contribution >= 4 is 17.6 Å². The number of halogens is 1. The van der Waals surface area contributed by atoms with Gasteiger partial charge in [0, 0.05) is 11.8 Å². The molecule has 1 N–H and O–H groups in total. The maximum absolute atomic E-state index is 11.0. The van der Waals surface area contributed by atoms with Crippen LogP contribution in [-0.2, 0) is 0 Å². The molecule has 88 valence electrons. The molecule has 2 aromatic heterocycles. The predicted molar refractivity (Wildman–Crippen MR) is 60.6 cm³/mol. The quantitative estimate of drug-likeness (QED) is 0.879. The number of nitrogens with zero attached hydrogens (tertiary/aromatic N) is 4. The summed E-state index contributed by atoms with van der Waals surface area (Å²) in [5, 5.41) is 13.1. The van der Waals surface area contributed by atoms with Gasteiger partial charge in [0.2, 0.25) is 0 Å². The first-order valence-electron chi connectivity index (χ1n) is 4.78. The zero-order chi connectivity index (χ0) is 12.6. The van der Waals surface area contributed by atoms with Crippen molar-refractivity contribution in [3.63, 3.8) is 0 Å². The molecule has 0 aromatic carbocycles. The summed E-state index contributed by atoms with van der Waals surface area (Å²) >= 11 is 5.97. The highest BCUT2D eigenvalue weighted by Crippen LogP contribution is 2.22. The predicted octanol–water partition coefficient (Wildman–Crippen LogP) is 1.63. The van der Waals surface area contributed by atoms with Crippen LogP contribution in [0.25, 0.3) is 5.82 Å². The van der Waals surface area contributed by atoms with E-state index in [4.69, 9.17) is 16.7 Å². The largest absolute Gasteiger partial charge is 0.478 e. The molecule has 0 bridgehead atoms. The highest BCUT2D eigenvalue weighted by molar-refractivity contribution is 6.32. The molecule has 0 spiro atoms. The lowest BCUT2D eigenvalue weighted by Gasteiger charge is -2.01. The molecule has 0 aliphatic rings. The zero-order valence-corrected chi connectivity index (χ0v) is 9.93. The summed E-state index contributed by atoms with van der Waals surface area (Å²) in [5.74, 6) is -0.664. The van der Waals surface area contributed by atoms with Crippen LogP contribution in [0.3, 0.4) is 0 Å². The molecule has 0 radical (unpaired) electrons. The van der Waals surface area contributed by atoms with E-state index in [-0.39, 0.29) is 10.7 Å². The summed E-state index contributed by atoms with van der Waals surface area (Å²) in [6, 6.07) is 1.67. The molecule has 0 aliphatic carbocycles. The van der Waals surface area contributed by atoms with Gasteiger partial charge in [-0.15, -0.1) is 0 Å². The minimum Gasteiger partial charge on any atom is -0.478 e. The highest BCUT2D eigenvalue weighted by atomic mass is 35.5. The highest BCUT2D eigenvalue weighted by Gasteiger charge is 2.20. The Morgan fingerprint density at radius 3 is 2.65 bits per heavy atom. The topological polar surface area (TPSA) is 80.9 Å². The normalized spacial score (nSPS) is 10.5. The number of hydrogen-bond acceptors (Lipinski definition) is 4. The molecule has 0 amide bonds. The molecule has 0 atom stereocenters. The lowest BCUT2D eigenvalue weighted by molar-refractivity contribution is 0.0696. The van der Waals surface area contributed by atoms with Crippen LogP contribution in [0, 0.1) is 13.8 Å². The average Bonchev–Trinajstić information content (AvgIpc) is 2.54. The fraction of sp³-hybridized carbons (Fsp3) is 0.200. The number of aryl methyl sites for hydroxylation is 2. The average molecular weight is 253 g/mol. The third-order valence-corrected chi connectivity index (χ3v) is 2.57. The number of carboxylic acid groups (broad SMARTS) is 1. The standard InChI is InChI=1S/C10H9ClN4O2/c1-5-3-7(13-4-12-5)15-9(11)8(10(16)17)6(2)14-15/h3-4H,1-2H3,(H,16,17). The van der Waals surface area contributed by atoms with Crippen LogP contribution in [0.1, 0.15) is 21.7 Å². The fourth-order valence-corrected chi connectivity index (χ4v) is 1.79. The lowest BCUT2D eigenvalue weighted by Crippen LogP contribution is -2.02. The number of rotatable bonds is 2. The van der Waals surface area contributed by atoms with Gasteiger partial charge >= 0.3 is 5.97 Å². The zero-order valence-electron chi connectivity index (χ0n) is 9.18. The second-order valence-electron chi connectivity index (χ2n) is 3.49. The van der Waals surface area contributed by atoms with Gasteiger partial charge < -0.3 is 5.11 Å². The Kier molecular flexibility index (Phi) is 2.81. The second kappa shape index (κ2) is 4.14. The van der Waals surface area contributed by atoms with E-state index in [2.05, 4.69) is 15.1 Å². The van der Waals surface area contributed by atoms with Crippen LogP contribution in [0.15, 0.2) is 12.4 Å². The van der Waals surface area contributed by atoms with E-state index < -0.39 is 5.97 Å². The smallest absolute Gasteiger partial charge is 0.340 e. The molecule has 17 heavy (non-hydrogen) atoms. The van der Waals surface area contributed by atoms with Crippen molar-refractivity contribution < 1.29 is 9.90 Å². The Bertz CT molecular complexity index is 594. The summed E-state index contributed by atoms with van der Waals surface area (Å²) in [6.07, 6.45) is 1.37. The van der Waals surface area contributed by atoms with E-state index in [0.29, 0.717) is 11.5 Å². The number of carboxylic acids is 1. The SMILES string of the molecule is Cc1cc(-n2nc(C)c(C(=O)O)c2Cl)ncn1. The van der Waals surface area contributed by atoms with E-state index in [9.17, 15) is 4.79 Å². The van der Waals surface area contributed by atoms with Crippen LogP contribution in [0.2, 0.25) is 5.15 Å². The summed E-state index contributed by atoms with van der Waals surface area (Å²) < 4.78 is 1.29. The number of aromatic nitrogens is 4. The van der Waals surface area contributed by atoms with Crippen molar-refractivity contribution in [3.05, 3.63) is 34.5 Å². The lowest BCUT2D eigenvalue weighted by atomic mass is 10.3. The first-order valence-corrected chi connectivity index (χ1v) is 5.16. The number of hydrogen-bond donors (Lipinski definition) is 1. The Hall–Kier alpha value is -1.95. The van der Waals surface area contributed by atoms with Crippen molar-refractivity contribution in [3.8, 4) is 5.82 Å². The molecule has 0 aliphatic heterocycles. The van der Waals surface area contributed by atoms with Gasteiger partial charge in [-0.1, -0.05) is 11.6 Å². The van der Waals surface area contributed by atoms with Crippen LogP contribution >= 0.6 is 11.6 Å². The maximum Gasteiger partial charge on any atom is 0.340 e. The molecule has 2 rings (SSSR count). The van der Waals surface area contributed by atoms with Crippen LogP contribution in [-0.4, -0.2) is 30.8 Å².